The van der Waals surface area contributed by atoms with Crippen molar-refractivity contribution in [1.82, 2.24) is 10.3 Å². The Morgan fingerprint density at radius 2 is 1.59 bits per heavy atom. The van der Waals surface area contributed by atoms with Gasteiger partial charge >= 0.3 is 0 Å². The van der Waals surface area contributed by atoms with E-state index < -0.39 is 17.1 Å². The summed E-state index contributed by atoms with van der Waals surface area (Å²) in [5, 5.41) is 10.8. The second-order valence-electron chi connectivity index (χ2n) is 9.87. The fraction of sp³-hybridized carbons (Fsp3) is 0.0857. The van der Waals surface area contributed by atoms with Crippen molar-refractivity contribution in [3.05, 3.63) is 130 Å². The number of amides is 3. The minimum absolute atomic E-state index is 0.0294. The number of ether oxygens (including phenoxy) is 1. The summed E-state index contributed by atoms with van der Waals surface area (Å²) in [6, 6.07) is 30.3. The molecule has 1 aromatic heterocycles. The highest BCUT2D eigenvalue weighted by atomic mass is 35.5. The zero-order valence-electron chi connectivity index (χ0n) is 24.8. The number of hydrogen-bond donors (Lipinski definition) is 3. The molecule has 0 aliphatic carbocycles. The molecule has 0 spiro atoms. The maximum absolute atomic E-state index is 13.3. The molecule has 1 atom stereocenters. The van der Waals surface area contributed by atoms with Gasteiger partial charge in [-0.3, -0.25) is 14.4 Å². The lowest BCUT2D eigenvalue weighted by atomic mass is 10.1. The minimum Gasteiger partial charge on any atom is -0.496 e. The van der Waals surface area contributed by atoms with Gasteiger partial charge in [-0.2, -0.15) is 0 Å². The maximum atomic E-state index is 13.3. The Morgan fingerprint density at radius 1 is 0.891 bits per heavy atom. The van der Waals surface area contributed by atoms with Crippen LogP contribution in [-0.2, 0) is 9.59 Å². The lowest BCUT2D eigenvalue weighted by molar-refractivity contribution is -0.115. The van der Waals surface area contributed by atoms with Gasteiger partial charge < -0.3 is 20.7 Å². The third kappa shape index (κ3) is 8.42. The van der Waals surface area contributed by atoms with E-state index in [1.165, 1.54) is 29.2 Å². The summed E-state index contributed by atoms with van der Waals surface area (Å²) in [6.07, 6.45) is 1.53. The molecule has 0 saturated heterocycles. The van der Waals surface area contributed by atoms with E-state index in [0.717, 1.165) is 16.2 Å². The maximum Gasteiger partial charge on any atom is 0.272 e. The first-order chi connectivity index (χ1) is 22.3. The predicted octanol–water partition coefficient (Wildman–Crippen LogP) is 8.00. The van der Waals surface area contributed by atoms with Gasteiger partial charge in [0, 0.05) is 32.1 Å². The lowest BCUT2D eigenvalue weighted by Gasteiger charge is -2.13. The molecule has 0 aliphatic heterocycles. The summed E-state index contributed by atoms with van der Waals surface area (Å²) >= 11 is 9.04. The number of nitrogens with one attached hydrogen (secondary N) is 3. The number of rotatable bonds is 11. The van der Waals surface area contributed by atoms with Crippen LogP contribution in [0.1, 0.15) is 22.8 Å². The first-order valence-electron chi connectivity index (χ1n) is 14.1. The van der Waals surface area contributed by atoms with Gasteiger partial charge in [-0.15, -0.1) is 23.1 Å². The van der Waals surface area contributed by atoms with Gasteiger partial charge in [0.1, 0.15) is 11.4 Å². The molecule has 4 aromatic carbocycles. The number of thiazole rings is 1. The van der Waals surface area contributed by atoms with Crippen molar-refractivity contribution in [3.63, 3.8) is 0 Å². The number of hydrogen-bond acceptors (Lipinski definition) is 7. The number of anilines is 2. The number of nitrogens with zero attached hydrogens (tertiary/aromatic N) is 1. The third-order valence-electron chi connectivity index (χ3n) is 6.65. The molecular formula is C35H29ClN4O4S2. The molecule has 0 bridgehead atoms. The Bertz CT molecular complexity index is 1880. The van der Waals surface area contributed by atoms with E-state index >= 15 is 0 Å². The fourth-order valence-electron chi connectivity index (χ4n) is 4.28. The molecule has 0 aliphatic rings. The number of thioether (sulfide) groups is 1. The zero-order chi connectivity index (χ0) is 32.5. The van der Waals surface area contributed by atoms with Gasteiger partial charge in [-0.05, 0) is 73.2 Å². The number of benzene rings is 4. The van der Waals surface area contributed by atoms with E-state index in [1.54, 1.807) is 73.8 Å². The van der Waals surface area contributed by atoms with Crippen LogP contribution in [0.25, 0.3) is 17.3 Å². The Hall–Kier alpha value is -4.90. The molecule has 46 heavy (non-hydrogen) atoms. The topological polar surface area (TPSA) is 109 Å². The Kier molecular flexibility index (Phi) is 10.9. The molecule has 5 rings (SSSR count). The first kappa shape index (κ1) is 32.5. The highest BCUT2D eigenvalue weighted by Crippen LogP contribution is 2.32. The summed E-state index contributed by atoms with van der Waals surface area (Å²) in [4.78, 5) is 44.6. The van der Waals surface area contributed by atoms with Crippen molar-refractivity contribution >= 4 is 69.3 Å². The predicted molar refractivity (Wildman–Crippen MR) is 186 cm³/mol. The monoisotopic (exact) mass is 668 g/mol. The van der Waals surface area contributed by atoms with Crippen LogP contribution in [0.4, 0.5) is 10.8 Å². The summed E-state index contributed by atoms with van der Waals surface area (Å²) in [7, 11) is 1.61. The average Bonchev–Trinajstić information content (AvgIpc) is 3.54. The van der Waals surface area contributed by atoms with Crippen molar-refractivity contribution in [2.24, 2.45) is 0 Å². The molecule has 8 nitrogen and oxygen atoms in total. The summed E-state index contributed by atoms with van der Waals surface area (Å²) in [5.41, 5.74) is 3.10. The highest BCUT2D eigenvalue weighted by molar-refractivity contribution is 8.00. The van der Waals surface area contributed by atoms with Crippen LogP contribution in [0.5, 0.6) is 5.75 Å². The van der Waals surface area contributed by atoms with E-state index in [0.29, 0.717) is 32.7 Å². The van der Waals surface area contributed by atoms with Gasteiger partial charge in [0.15, 0.2) is 5.13 Å². The van der Waals surface area contributed by atoms with Crippen LogP contribution in [0.3, 0.4) is 0 Å². The Balaban J connectivity index is 1.22. The second-order valence-corrected chi connectivity index (χ2v) is 12.5. The van der Waals surface area contributed by atoms with E-state index in [-0.39, 0.29) is 11.6 Å². The standard InChI is InChI=1S/C35H29ClN4O4S2/c1-22(32(41)40-35-39-30(21-45-35)27-13-7-9-15-31(27)44-2)46-26-18-16-25(17-19-26)37-34(43)29(20-24-12-6-8-14-28(24)36)38-33(42)23-10-4-3-5-11-23/h3-22H,1-2H3,(H,37,43)(H,38,42)(H,39,40,41)/b29-20-. The van der Waals surface area contributed by atoms with Gasteiger partial charge in [-0.25, -0.2) is 4.98 Å². The van der Waals surface area contributed by atoms with Gasteiger partial charge in [-0.1, -0.05) is 60.1 Å². The third-order valence-corrected chi connectivity index (χ3v) is 8.86. The van der Waals surface area contributed by atoms with Crippen molar-refractivity contribution in [3.8, 4) is 17.0 Å². The molecule has 0 fully saturated rings. The van der Waals surface area contributed by atoms with Crippen molar-refractivity contribution < 1.29 is 19.1 Å². The lowest BCUT2D eigenvalue weighted by Crippen LogP contribution is -2.30. The molecule has 5 aromatic rings. The van der Waals surface area contributed by atoms with Crippen LogP contribution >= 0.6 is 34.7 Å². The van der Waals surface area contributed by atoms with E-state index in [1.807, 2.05) is 48.7 Å². The largest absolute Gasteiger partial charge is 0.496 e. The molecule has 1 heterocycles. The summed E-state index contributed by atoms with van der Waals surface area (Å²) in [6.45, 7) is 1.81. The number of para-hydroxylation sites is 1. The van der Waals surface area contributed by atoms with Gasteiger partial charge in [0.05, 0.1) is 18.1 Å². The number of halogens is 1. The van der Waals surface area contributed by atoms with Crippen LogP contribution in [0.15, 0.2) is 119 Å². The van der Waals surface area contributed by atoms with E-state index in [9.17, 15) is 14.4 Å². The van der Waals surface area contributed by atoms with Crippen molar-refractivity contribution in [1.29, 1.82) is 0 Å². The fourth-order valence-corrected chi connectivity index (χ4v) is 6.05. The summed E-state index contributed by atoms with van der Waals surface area (Å²) in [5.74, 6) is -0.430. The van der Waals surface area contributed by atoms with Crippen LogP contribution < -0.4 is 20.7 Å². The van der Waals surface area contributed by atoms with Crippen LogP contribution in [-0.4, -0.2) is 35.1 Å². The number of methoxy groups -OCH3 is 1. The molecule has 0 radical (unpaired) electrons. The molecule has 232 valence electrons. The summed E-state index contributed by atoms with van der Waals surface area (Å²) < 4.78 is 5.42. The molecule has 3 N–H and O–H groups in total. The number of aromatic nitrogens is 1. The number of carbonyl (C=O) groups is 3. The molecular weight excluding hydrogens is 640 g/mol. The molecule has 0 saturated carbocycles. The van der Waals surface area contributed by atoms with Gasteiger partial charge in [0.2, 0.25) is 5.91 Å². The zero-order valence-corrected chi connectivity index (χ0v) is 27.2. The Labute approximate surface area is 279 Å². The van der Waals surface area contributed by atoms with E-state index in [2.05, 4.69) is 20.9 Å². The quantitative estimate of drug-likeness (QED) is 0.0972. The van der Waals surface area contributed by atoms with Crippen molar-refractivity contribution in [2.75, 3.05) is 17.7 Å². The van der Waals surface area contributed by atoms with E-state index in [4.69, 9.17) is 16.3 Å². The molecule has 1 unspecified atom stereocenters. The second kappa shape index (κ2) is 15.4. The SMILES string of the molecule is COc1ccccc1-c1csc(NC(=O)C(C)Sc2ccc(NC(=O)/C(=C/c3ccccc3Cl)NC(=O)c3ccccc3)cc2)n1. The number of carbonyl (C=O) groups excluding carboxylic acids is 3. The molecule has 3 amide bonds. The minimum atomic E-state index is -0.520. The van der Waals surface area contributed by atoms with Gasteiger partial charge in [0.25, 0.3) is 11.8 Å². The highest BCUT2D eigenvalue weighted by Gasteiger charge is 2.19. The first-order valence-corrected chi connectivity index (χ1v) is 16.2. The Morgan fingerprint density at radius 3 is 2.33 bits per heavy atom. The smallest absolute Gasteiger partial charge is 0.272 e. The molecule has 11 heteroatoms. The average molecular weight is 669 g/mol. The van der Waals surface area contributed by atoms with Crippen LogP contribution in [0, 0.1) is 0 Å². The van der Waals surface area contributed by atoms with Crippen molar-refractivity contribution in [2.45, 2.75) is 17.1 Å². The van der Waals surface area contributed by atoms with Crippen LogP contribution in [0.2, 0.25) is 5.02 Å². The normalized spacial score (nSPS) is 11.8.